The summed E-state index contributed by atoms with van der Waals surface area (Å²) in [6.45, 7) is 0. The SMILES string of the molecule is N/C(=N/O)c1cc(F)cc(CSc2ccc(Cl)cn2)c1. The van der Waals surface area contributed by atoms with E-state index in [0.29, 0.717) is 21.9 Å². The standard InChI is InChI=1S/C13H11ClFN3OS/c14-10-1-2-12(17-6-10)20-7-8-3-9(13(16)18-19)5-11(15)4-8/h1-6,19H,7H2,(H2,16,18). The quantitative estimate of drug-likeness (QED) is 0.299. The molecule has 0 saturated carbocycles. The Morgan fingerprint density at radius 2 is 2.20 bits per heavy atom. The summed E-state index contributed by atoms with van der Waals surface area (Å²) >= 11 is 7.19. The molecule has 1 heterocycles. The molecule has 0 unspecified atom stereocenters. The number of oxime groups is 1. The molecule has 2 aromatic rings. The van der Waals surface area contributed by atoms with Crippen LogP contribution in [0.5, 0.6) is 0 Å². The fourth-order valence-corrected chi connectivity index (χ4v) is 2.43. The average molecular weight is 312 g/mol. The summed E-state index contributed by atoms with van der Waals surface area (Å²) in [4.78, 5) is 4.14. The summed E-state index contributed by atoms with van der Waals surface area (Å²) in [6, 6.07) is 7.81. The van der Waals surface area contributed by atoms with Crippen LogP contribution >= 0.6 is 23.4 Å². The minimum absolute atomic E-state index is 0.125. The van der Waals surface area contributed by atoms with Crippen molar-refractivity contribution in [3.8, 4) is 0 Å². The van der Waals surface area contributed by atoms with Gasteiger partial charge in [-0.15, -0.1) is 11.8 Å². The van der Waals surface area contributed by atoms with Gasteiger partial charge >= 0.3 is 0 Å². The number of amidine groups is 1. The number of nitrogens with zero attached hydrogens (tertiary/aromatic N) is 2. The highest BCUT2D eigenvalue weighted by atomic mass is 35.5. The van der Waals surface area contributed by atoms with Crippen LogP contribution in [0.4, 0.5) is 4.39 Å². The minimum Gasteiger partial charge on any atom is -0.409 e. The smallest absolute Gasteiger partial charge is 0.170 e. The Hall–Kier alpha value is -1.79. The monoisotopic (exact) mass is 311 g/mol. The Bertz CT molecular complexity index is 634. The first-order valence-corrected chi connectivity index (χ1v) is 6.96. The highest BCUT2D eigenvalue weighted by Crippen LogP contribution is 2.23. The highest BCUT2D eigenvalue weighted by molar-refractivity contribution is 7.98. The second-order valence-corrected chi connectivity index (χ2v) is 5.37. The van der Waals surface area contributed by atoms with Crippen molar-refractivity contribution in [1.29, 1.82) is 0 Å². The highest BCUT2D eigenvalue weighted by Gasteiger charge is 2.06. The average Bonchev–Trinajstić information content (AvgIpc) is 2.45. The first-order chi connectivity index (χ1) is 9.58. The molecular formula is C13H11ClFN3OS. The number of rotatable bonds is 4. The van der Waals surface area contributed by atoms with Crippen LogP contribution in [-0.2, 0) is 5.75 Å². The molecule has 0 radical (unpaired) electrons. The molecule has 7 heteroatoms. The molecule has 3 N–H and O–H groups in total. The maximum atomic E-state index is 13.5. The van der Waals surface area contributed by atoms with Crippen LogP contribution in [-0.4, -0.2) is 16.0 Å². The lowest BCUT2D eigenvalue weighted by Gasteiger charge is -2.05. The molecule has 0 fully saturated rings. The topological polar surface area (TPSA) is 71.5 Å². The Morgan fingerprint density at radius 3 is 2.85 bits per heavy atom. The molecular weight excluding hydrogens is 301 g/mol. The van der Waals surface area contributed by atoms with Crippen LogP contribution < -0.4 is 5.73 Å². The molecule has 20 heavy (non-hydrogen) atoms. The molecule has 0 amide bonds. The predicted molar refractivity (Wildman–Crippen MR) is 77.7 cm³/mol. The number of hydrogen-bond donors (Lipinski definition) is 2. The predicted octanol–water partition coefficient (Wildman–Crippen LogP) is 3.26. The summed E-state index contributed by atoms with van der Waals surface area (Å²) in [5.41, 5.74) is 6.51. The van der Waals surface area contributed by atoms with E-state index in [-0.39, 0.29) is 5.84 Å². The van der Waals surface area contributed by atoms with Gasteiger partial charge in [0.15, 0.2) is 5.84 Å². The maximum Gasteiger partial charge on any atom is 0.170 e. The summed E-state index contributed by atoms with van der Waals surface area (Å²) in [5, 5.41) is 12.8. The number of hydrogen-bond acceptors (Lipinski definition) is 4. The number of pyridine rings is 1. The minimum atomic E-state index is -0.436. The van der Waals surface area contributed by atoms with E-state index in [1.54, 1.807) is 24.4 Å². The zero-order chi connectivity index (χ0) is 14.5. The van der Waals surface area contributed by atoms with E-state index in [9.17, 15) is 4.39 Å². The van der Waals surface area contributed by atoms with Crippen LogP contribution in [0.25, 0.3) is 0 Å². The second kappa shape index (κ2) is 6.58. The Kier molecular flexibility index (Phi) is 4.81. The van der Waals surface area contributed by atoms with Gasteiger partial charge in [0, 0.05) is 17.5 Å². The Labute approximate surface area is 124 Å². The van der Waals surface area contributed by atoms with Crippen LogP contribution in [0, 0.1) is 5.82 Å². The number of nitrogens with two attached hydrogens (primary N) is 1. The lowest BCUT2D eigenvalue weighted by molar-refractivity contribution is 0.318. The van der Waals surface area contributed by atoms with Gasteiger partial charge in [0.1, 0.15) is 5.82 Å². The number of aromatic nitrogens is 1. The van der Waals surface area contributed by atoms with E-state index >= 15 is 0 Å². The van der Waals surface area contributed by atoms with Crippen molar-refractivity contribution in [3.63, 3.8) is 0 Å². The van der Waals surface area contributed by atoms with Crippen molar-refractivity contribution >= 4 is 29.2 Å². The second-order valence-electron chi connectivity index (χ2n) is 3.94. The first-order valence-electron chi connectivity index (χ1n) is 5.60. The van der Waals surface area contributed by atoms with Crippen molar-refractivity contribution < 1.29 is 9.60 Å². The van der Waals surface area contributed by atoms with Gasteiger partial charge in [0.05, 0.1) is 10.0 Å². The van der Waals surface area contributed by atoms with E-state index < -0.39 is 5.82 Å². The van der Waals surface area contributed by atoms with Crippen LogP contribution in [0.1, 0.15) is 11.1 Å². The summed E-state index contributed by atoms with van der Waals surface area (Å²) in [7, 11) is 0. The summed E-state index contributed by atoms with van der Waals surface area (Å²) in [6.07, 6.45) is 1.55. The number of halogens is 2. The normalized spacial score (nSPS) is 11.6. The van der Waals surface area contributed by atoms with E-state index in [1.165, 1.54) is 23.9 Å². The molecule has 0 spiro atoms. The molecule has 0 atom stereocenters. The van der Waals surface area contributed by atoms with Gasteiger partial charge in [-0.25, -0.2) is 9.37 Å². The molecule has 1 aromatic carbocycles. The fraction of sp³-hybridized carbons (Fsp3) is 0.0769. The molecule has 1 aromatic heterocycles. The number of benzene rings is 1. The van der Waals surface area contributed by atoms with Gasteiger partial charge in [-0.3, -0.25) is 0 Å². The molecule has 0 aliphatic heterocycles. The van der Waals surface area contributed by atoms with Gasteiger partial charge < -0.3 is 10.9 Å². The van der Waals surface area contributed by atoms with Crippen molar-refractivity contribution in [2.45, 2.75) is 10.8 Å². The lowest BCUT2D eigenvalue weighted by atomic mass is 10.1. The van der Waals surface area contributed by atoms with Crippen LogP contribution in [0.3, 0.4) is 0 Å². The largest absolute Gasteiger partial charge is 0.409 e. The summed E-state index contributed by atoms with van der Waals surface area (Å²) in [5.74, 6) is -0.0490. The lowest BCUT2D eigenvalue weighted by Crippen LogP contribution is -2.13. The Balaban J connectivity index is 2.13. The molecule has 4 nitrogen and oxygen atoms in total. The van der Waals surface area contributed by atoms with E-state index in [0.717, 1.165) is 5.03 Å². The van der Waals surface area contributed by atoms with Crippen molar-refractivity contribution in [3.05, 3.63) is 58.5 Å². The van der Waals surface area contributed by atoms with E-state index in [4.69, 9.17) is 22.5 Å². The molecule has 0 bridgehead atoms. The zero-order valence-electron chi connectivity index (χ0n) is 10.3. The third kappa shape index (κ3) is 3.85. The molecule has 2 rings (SSSR count). The fourth-order valence-electron chi connectivity index (χ4n) is 1.54. The molecule has 0 aliphatic rings. The van der Waals surface area contributed by atoms with Crippen LogP contribution in [0.2, 0.25) is 5.02 Å². The van der Waals surface area contributed by atoms with Crippen molar-refractivity contribution in [1.82, 2.24) is 4.98 Å². The molecule has 0 saturated heterocycles. The van der Waals surface area contributed by atoms with Gasteiger partial charge in [-0.05, 0) is 35.9 Å². The molecule has 104 valence electrons. The Morgan fingerprint density at radius 1 is 1.40 bits per heavy atom. The van der Waals surface area contributed by atoms with Gasteiger partial charge in [0.2, 0.25) is 0 Å². The van der Waals surface area contributed by atoms with Gasteiger partial charge in [-0.1, -0.05) is 16.8 Å². The van der Waals surface area contributed by atoms with Crippen molar-refractivity contribution in [2.24, 2.45) is 10.9 Å². The summed E-state index contributed by atoms with van der Waals surface area (Å²) < 4.78 is 13.5. The third-order valence-corrected chi connectivity index (χ3v) is 3.69. The van der Waals surface area contributed by atoms with E-state index in [1.807, 2.05) is 0 Å². The van der Waals surface area contributed by atoms with Crippen LogP contribution in [0.15, 0.2) is 46.7 Å². The third-order valence-electron chi connectivity index (χ3n) is 2.45. The van der Waals surface area contributed by atoms with Crippen molar-refractivity contribution in [2.75, 3.05) is 0 Å². The first kappa shape index (κ1) is 14.6. The molecule has 0 aliphatic carbocycles. The van der Waals surface area contributed by atoms with E-state index in [2.05, 4.69) is 10.1 Å². The maximum absolute atomic E-state index is 13.5. The van der Waals surface area contributed by atoms with Gasteiger partial charge in [-0.2, -0.15) is 0 Å². The number of thioether (sulfide) groups is 1. The zero-order valence-corrected chi connectivity index (χ0v) is 11.8. The van der Waals surface area contributed by atoms with Gasteiger partial charge in [0.25, 0.3) is 0 Å².